The molecule has 0 heterocycles. The molecule has 1 atom stereocenters. The smallest absolute Gasteiger partial charge is 0.0723 e. The van der Waals surface area contributed by atoms with Crippen LogP contribution in [0.25, 0.3) is 10.8 Å². The van der Waals surface area contributed by atoms with Crippen molar-refractivity contribution in [1.29, 1.82) is 0 Å². The fourth-order valence-electron chi connectivity index (χ4n) is 2.82. The van der Waals surface area contributed by atoms with Gasteiger partial charge >= 0.3 is 0 Å². The molecule has 0 spiro atoms. The third kappa shape index (κ3) is 2.32. The average Bonchev–Trinajstić information content (AvgIpc) is 2.39. The predicted molar refractivity (Wildman–Crippen MR) is 75.6 cm³/mol. The van der Waals surface area contributed by atoms with Crippen LogP contribution in [0, 0.1) is 0 Å². The Hall–Kier alpha value is -1.60. The lowest BCUT2D eigenvalue weighted by Gasteiger charge is -2.17. The lowest BCUT2D eigenvalue weighted by atomic mass is 9.91. The molecule has 92 valence electrons. The lowest BCUT2D eigenvalue weighted by molar-refractivity contribution is 0.202. The quantitative estimate of drug-likeness (QED) is 0.788. The highest BCUT2D eigenvalue weighted by Crippen LogP contribution is 2.25. The lowest BCUT2D eigenvalue weighted by Crippen LogP contribution is -2.10. The molecule has 0 radical (unpaired) electrons. The van der Waals surface area contributed by atoms with Crippen molar-refractivity contribution in [2.24, 2.45) is 0 Å². The molecular weight excluding hydrogens is 220 g/mol. The Balaban J connectivity index is 1.95. The van der Waals surface area contributed by atoms with Crippen LogP contribution in [0.1, 0.15) is 24.8 Å². The first-order chi connectivity index (χ1) is 8.83. The topological polar surface area (TPSA) is 20.2 Å². The van der Waals surface area contributed by atoms with Crippen LogP contribution >= 0.6 is 0 Å². The number of fused-ring (bicyclic) bond motifs is 1. The van der Waals surface area contributed by atoms with Gasteiger partial charge in [-0.15, -0.1) is 0 Å². The van der Waals surface area contributed by atoms with E-state index < -0.39 is 0 Å². The SMILES string of the molecule is OC1C=C(Cc2cccc3ccccc23)CCC1. The summed E-state index contributed by atoms with van der Waals surface area (Å²) in [7, 11) is 0. The molecule has 0 saturated carbocycles. The van der Waals surface area contributed by atoms with Crippen molar-refractivity contribution in [3.05, 3.63) is 59.7 Å². The van der Waals surface area contributed by atoms with E-state index in [2.05, 4.69) is 42.5 Å². The minimum Gasteiger partial charge on any atom is -0.389 e. The number of rotatable bonds is 2. The first kappa shape index (κ1) is 11.5. The van der Waals surface area contributed by atoms with Gasteiger partial charge in [-0.3, -0.25) is 0 Å². The van der Waals surface area contributed by atoms with Crippen molar-refractivity contribution in [2.75, 3.05) is 0 Å². The van der Waals surface area contributed by atoms with Crippen LogP contribution < -0.4 is 0 Å². The van der Waals surface area contributed by atoms with Crippen molar-refractivity contribution in [1.82, 2.24) is 0 Å². The molecule has 1 aliphatic rings. The van der Waals surface area contributed by atoms with Crippen LogP contribution in [-0.4, -0.2) is 11.2 Å². The summed E-state index contributed by atoms with van der Waals surface area (Å²) in [6.45, 7) is 0. The Kier molecular flexibility index (Phi) is 3.16. The number of hydrogen-bond acceptors (Lipinski definition) is 1. The first-order valence-corrected chi connectivity index (χ1v) is 6.67. The molecule has 18 heavy (non-hydrogen) atoms. The van der Waals surface area contributed by atoms with Gasteiger partial charge in [0.1, 0.15) is 0 Å². The molecule has 0 fully saturated rings. The zero-order valence-corrected chi connectivity index (χ0v) is 10.5. The zero-order chi connectivity index (χ0) is 12.4. The number of benzene rings is 2. The summed E-state index contributed by atoms with van der Waals surface area (Å²) in [5.41, 5.74) is 2.75. The van der Waals surface area contributed by atoms with Gasteiger partial charge in [0, 0.05) is 0 Å². The van der Waals surface area contributed by atoms with Crippen LogP contribution in [-0.2, 0) is 6.42 Å². The van der Waals surface area contributed by atoms with Gasteiger partial charge in [0.15, 0.2) is 0 Å². The van der Waals surface area contributed by atoms with Crippen molar-refractivity contribution in [2.45, 2.75) is 31.8 Å². The molecule has 0 aliphatic heterocycles. The summed E-state index contributed by atoms with van der Waals surface area (Å²) in [5.74, 6) is 0. The molecule has 1 unspecified atom stereocenters. The molecule has 3 rings (SSSR count). The zero-order valence-electron chi connectivity index (χ0n) is 10.5. The maximum atomic E-state index is 9.69. The second-order valence-corrected chi connectivity index (χ2v) is 5.10. The highest BCUT2D eigenvalue weighted by atomic mass is 16.3. The summed E-state index contributed by atoms with van der Waals surface area (Å²) in [6, 6.07) is 15.0. The molecule has 0 bridgehead atoms. The highest BCUT2D eigenvalue weighted by Gasteiger charge is 2.12. The fourth-order valence-corrected chi connectivity index (χ4v) is 2.82. The molecule has 0 saturated heterocycles. The summed E-state index contributed by atoms with van der Waals surface area (Å²) >= 11 is 0. The van der Waals surface area contributed by atoms with Crippen LogP contribution in [0.2, 0.25) is 0 Å². The second-order valence-electron chi connectivity index (χ2n) is 5.10. The minimum absolute atomic E-state index is 0.233. The van der Waals surface area contributed by atoms with Crippen molar-refractivity contribution < 1.29 is 5.11 Å². The van der Waals surface area contributed by atoms with Gasteiger partial charge < -0.3 is 5.11 Å². The Morgan fingerprint density at radius 3 is 2.78 bits per heavy atom. The maximum Gasteiger partial charge on any atom is 0.0723 e. The molecule has 1 N–H and O–H groups in total. The van der Waals surface area contributed by atoms with Gasteiger partial charge in [-0.05, 0) is 42.0 Å². The van der Waals surface area contributed by atoms with E-state index in [9.17, 15) is 5.11 Å². The van der Waals surface area contributed by atoms with Gasteiger partial charge in [0.25, 0.3) is 0 Å². The number of aliphatic hydroxyl groups is 1. The molecule has 1 aliphatic carbocycles. The monoisotopic (exact) mass is 238 g/mol. The second kappa shape index (κ2) is 4.95. The fraction of sp³-hybridized carbons (Fsp3) is 0.294. The van der Waals surface area contributed by atoms with Crippen molar-refractivity contribution in [3.63, 3.8) is 0 Å². The number of aliphatic hydroxyl groups excluding tert-OH is 1. The highest BCUT2D eigenvalue weighted by molar-refractivity contribution is 5.85. The largest absolute Gasteiger partial charge is 0.389 e. The Morgan fingerprint density at radius 2 is 1.89 bits per heavy atom. The van der Waals surface area contributed by atoms with Crippen LogP contribution in [0.5, 0.6) is 0 Å². The normalized spacial score (nSPS) is 19.8. The van der Waals surface area contributed by atoms with Gasteiger partial charge in [-0.25, -0.2) is 0 Å². The Labute approximate surface area is 108 Å². The first-order valence-electron chi connectivity index (χ1n) is 6.67. The molecule has 2 aromatic carbocycles. The van der Waals surface area contributed by atoms with E-state index in [1.165, 1.54) is 21.9 Å². The number of allylic oxidation sites excluding steroid dienone is 1. The third-order valence-corrected chi connectivity index (χ3v) is 3.72. The summed E-state index contributed by atoms with van der Waals surface area (Å²) in [6.07, 6.45) is 5.93. The molecule has 0 aromatic heterocycles. The Morgan fingerprint density at radius 1 is 1.06 bits per heavy atom. The van der Waals surface area contributed by atoms with E-state index in [1.54, 1.807) is 0 Å². The molecule has 1 heteroatoms. The average molecular weight is 238 g/mol. The molecular formula is C17H18O. The van der Waals surface area contributed by atoms with Crippen LogP contribution in [0.15, 0.2) is 54.1 Å². The maximum absolute atomic E-state index is 9.69. The number of hydrogen-bond donors (Lipinski definition) is 1. The summed E-state index contributed by atoms with van der Waals surface area (Å²) in [4.78, 5) is 0. The standard InChI is InChI=1S/C17H18O/c18-16-9-3-5-13(12-16)11-15-8-4-7-14-6-1-2-10-17(14)15/h1-2,4,6-8,10,12,16,18H,3,5,9,11H2. The van der Waals surface area contributed by atoms with E-state index in [1.807, 2.05) is 6.08 Å². The van der Waals surface area contributed by atoms with E-state index in [4.69, 9.17) is 0 Å². The third-order valence-electron chi connectivity index (χ3n) is 3.72. The van der Waals surface area contributed by atoms with E-state index in [0.717, 1.165) is 25.7 Å². The van der Waals surface area contributed by atoms with Crippen molar-refractivity contribution in [3.8, 4) is 0 Å². The summed E-state index contributed by atoms with van der Waals surface area (Å²) < 4.78 is 0. The molecule has 2 aromatic rings. The summed E-state index contributed by atoms with van der Waals surface area (Å²) in [5, 5.41) is 12.3. The van der Waals surface area contributed by atoms with E-state index in [-0.39, 0.29) is 6.10 Å². The van der Waals surface area contributed by atoms with E-state index >= 15 is 0 Å². The molecule has 1 nitrogen and oxygen atoms in total. The van der Waals surface area contributed by atoms with Crippen LogP contribution in [0.4, 0.5) is 0 Å². The van der Waals surface area contributed by atoms with E-state index in [0.29, 0.717) is 0 Å². The Bertz CT molecular complexity index is 578. The van der Waals surface area contributed by atoms with Gasteiger partial charge in [0.05, 0.1) is 6.10 Å². The predicted octanol–water partition coefficient (Wildman–Crippen LogP) is 3.85. The minimum atomic E-state index is -0.233. The molecule has 0 amide bonds. The van der Waals surface area contributed by atoms with Gasteiger partial charge in [-0.1, -0.05) is 54.1 Å². The van der Waals surface area contributed by atoms with Crippen LogP contribution in [0.3, 0.4) is 0 Å². The van der Waals surface area contributed by atoms with Crippen molar-refractivity contribution >= 4 is 10.8 Å². The van der Waals surface area contributed by atoms with Gasteiger partial charge in [0.2, 0.25) is 0 Å². The van der Waals surface area contributed by atoms with Gasteiger partial charge in [-0.2, -0.15) is 0 Å².